The van der Waals surface area contributed by atoms with Crippen LogP contribution in [0.25, 0.3) is 11.0 Å². The summed E-state index contributed by atoms with van der Waals surface area (Å²) in [7, 11) is 0. The number of carbonyl (C=O) groups excluding carboxylic acids is 2. The van der Waals surface area contributed by atoms with Crippen LogP contribution in [0, 0.1) is 5.82 Å². The van der Waals surface area contributed by atoms with E-state index in [1.807, 2.05) is 12.1 Å². The summed E-state index contributed by atoms with van der Waals surface area (Å²) in [5, 5.41) is 5.74. The third-order valence-electron chi connectivity index (χ3n) is 7.08. The van der Waals surface area contributed by atoms with Crippen LogP contribution in [0.5, 0.6) is 0 Å². The molecular formula is C26H27ClFN3O3. The zero-order valence-electron chi connectivity index (χ0n) is 18.9. The first-order chi connectivity index (χ1) is 16.5. The molecule has 0 N–H and O–H groups in total. The Kier molecular flexibility index (Phi) is 6.66. The van der Waals surface area contributed by atoms with Gasteiger partial charge < -0.3 is 9.42 Å². The van der Waals surface area contributed by atoms with Crippen molar-refractivity contribution in [2.75, 3.05) is 26.2 Å². The number of benzene rings is 2. The molecule has 2 fully saturated rings. The SMILES string of the molecule is O=C1CC(c2ccc(Cl)cc2)CC(=O)N1CCCN1CCC(c2noc3cc(F)ccc23)CC1. The van der Waals surface area contributed by atoms with E-state index in [1.54, 1.807) is 18.2 Å². The van der Waals surface area contributed by atoms with Crippen molar-refractivity contribution in [3.05, 3.63) is 64.6 Å². The fraction of sp³-hybridized carbons (Fsp3) is 0.423. The van der Waals surface area contributed by atoms with E-state index in [0.717, 1.165) is 55.5 Å². The predicted molar refractivity (Wildman–Crippen MR) is 127 cm³/mol. The number of amides is 2. The van der Waals surface area contributed by atoms with Gasteiger partial charge in [0.05, 0.1) is 5.69 Å². The number of imide groups is 1. The second-order valence-corrected chi connectivity index (χ2v) is 9.71. The lowest BCUT2D eigenvalue weighted by atomic mass is 9.88. The lowest BCUT2D eigenvalue weighted by molar-refractivity contribution is -0.148. The molecule has 34 heavy (non-hydrogen) atoms. The van der Waals surface area contributed by atoms with Crippen LogP contribution in [0.15, 0.2) is 47.0 Å². The minimum atomic E-state index is -0.323. The van der Waals surface area contributed by atoms with Crippen molar-refractivity contribution in [2.45, 2.75) is 43.9 Å². The van der Waals surface area contributed by atoms with Gasteiger partial charge >= 0.3 is 0 Å². The van der Waals surface area contributed by atoms with Gasteiger partial charge in [0.2, 0.25) is 11.8 Å². The summed E-state index contributed by atoms with van der Waals surface area (Å²) in [5.41, 5.74) is 2.39. The fourth-order valence-corrected chi connectivity index (χ4v) is 5.31. The van der Waals surface area contributed by atoms with Gasteiger partial charge in [0.15, 0.2) is 5.58 Å². The number of hydrogen-bond donors (Lipinski definition) is 0. The molecule has 0 unspecified atom stereocenters. The summed E-state index contributed by atoms with van der Waals surface area (Å²) >= 11 is 5.95. The summed E-state index contributed by atoms with van der Waals surface area (Å²) in [6.07, 6.45) is 3.37. The molecule has 2 aliphatic rings. The van der Waals surface area contributed by atoms with Gasteiger partial charge in [0, 0.05) is 47.7 Å². The van der Waals surface area contributed by atoms with Gasteiger partial charge in [0.1, 0.15) is 5.82 Å². The largest absolute Gasteiger partial charge is 0.356 e. The van der Waals surface area contributed by atoms with Crippen molar-refractivity contribution in [3.8, 4) is 0 Å². The van der Waals surface area contributed by atoms with Crippen LogP contribution in [0.4, 0.5) is 4.39 Å². The minimum absolute atomic E-state index is 0.0725. The van der Waals surface area contributed by atoms with Gasteiger partial charge in [-0.15, -0.1) is 0 Å². The lowest BCUT2D eigenvalue weighted by Crippen LogP contribution is -2.44. The number of aromatic nitrogens is 1. The molecule has 0 saturated carbocycles. The van der Waals surface area contributed by atoms with Crippen molar-refractivity contribution >= 4 is 34.4 Å². The third kappa shape index (κ3) is 4.86. The first kappa shape index (κ1) is 23.0. The molecule has 0 radical (unpaired) electrons. The van der Waals surface area contributed by atoms with Crippen molar-refractivity contribution < 1.29 is 18.5 Å². The lowest BCUT2D eigenvalue weighted by Gasteiger charge is -2.33. The van der Waals surface area contributed by atoms with Crippen LogP contribution in [0.2, 0.25) is 5.02 Å². The Bertz CT molecular complexity index is 1170. The molecule has 8 heteroatoms. The number of fused-ring (bicyclic) bond motifs is 1. The molecule has 2 saturated heterocycles. The summed E-state index contributed by atoms with van der Waals surface area (Å²) < 4.78 is 18.7. The minimum Gasteiger partial charge on any atom is -0.356 e. The smallest absolute Gasteiger partial charge is 0.229 e. The summed E-state index contributed by atoms with van der Waals surface area (Å²) in [6.45, 7) is 3.14. The van der Waals surface area contributed by atoms with Gasteiger partial charge in [-0.25, -0.2) is 4.39 Å². The fourth-order valence-electron chi connectivity index (χ4n) is 5.18. The van der Waals surface area contributed by atoms with Crippen molar-refractivity contribution in [1.29, 1.82) is 0 Å². The van der Waals surface area contributed by atoms with Crippen LogP contribution in [-0.4, -0.2) is 52.9 Å². The first-order valence-electron chi connectivity index (χ1n) is 11.8. The van der Waals surface area contributed by atoms with Crippen molar-refractivity contribution in [3.63, 3.8) is 0 Å². The number of halogens is 2. The molecule has 0 bridgehead atoms. The third-order valence-corrected chi connectivity index (χ3v) is 7.33. The van der Waals surface area contributed by atoms with Crippen LogP contribution >= 0.6 is 11.6 Å². The summed E-state index contributed by atoms with van der Waals surface area (Å²) in [4.78, 5) is 29.1. The maximum Gasteiger partial charge on any atom is 0.229 e. The molecular weight excluding hydrogens is 457 g/mol. The molecule has 1 aromatic heterocycles. The molecule has 2 aliphatic heterocycles. The van der Waals surface area contributed by atoms with Crippen LogP contribution < -0.4 is 0 Å². The van der Waals surface area contributed by atoms with E-state index in [1.165, 1.54) is 17.0 Å². The summed E-state index contributed by atoms with van der Waals surface area (Å²) in [5.74, 6) is -0.292. The van der Waals surface area contributed by atoms with Crippen molar-refractivity contribution in [2.24, 2.45) is 0 Å². The molecule has 3 aromatic rings. The number of likely N-dealkylation sites (tertiary alicyclic amines) is 2. The van der Waals surface area contributed by atoms with E-state index >= 15 is 0 Å². The monoisotopic (exact) mass is 483 g/mol. The Morgan fingerprint density at radius 1 is 0.971 bits per heavy atom. The second kappa shape index (κ2) is 9.84. The quantitative estimate of drug-likeness (QED) is 0.455. The second-order valence-electron chi connectivity index (χ2n) is 9.27. The number of rotatable bonds is 6. The van der Waals surface area contributed by atoms with Crippen LogP contribution in [0.1, 0.15) is 55.2 Å². The Labute approximate surface area is 202 Å². The van der Waals surface area contributed by atoms with Crippen molar-refractivity contribution in [1.82, 2.24) is 15.0 Å². The maximum atomic E-state index is 13.4. The van der Waals surface area contributed by atoms with E-state index < -0.39 is 0 Å². The zero-order valence-corrected chi connectivity index (χ0v) is 19.6. The highest BCUT2D eigenvalue weighted by atomic mass is 35.5. The molecule has 0 aliphatic carbocycles. The zero-order chi connectivity index (χ0) is 23.7. The van der Waals surface area contributed by atoms with Gasteiger partial charge in [-0.05, 0) is 68.7 Å². The van der Waals surface area contributed by atoms with E-state index in [4.69, 9.17) is 16.1 Å². The van der Waals surface area contributed by atoms with Gasteiger partial charge in [-0.2, -0.15) is 0 Å². The number of piperidine rings is 2. The first-order valence-corrected chi connectivity index (χ1v) is 12.2. The Balaban J connectivity index is 1.09. The number of carbonyl (C=O) groups is 2. The molecule has 2 amide bonds. The van der Waals surface area contributed by atoms with Gasteiger partial charge in [-0.3, -0.25) is 14.5 Å². The molecule has 6 nitrogen and oxygen atoms in total. The molecule has 178 valence electrons. The Morgan fingerprint density at radius 2 is 1.68 bits per heavy atom. The van der Waals surface area contributed by atoms with E-state index in [9.17, 15) is 14.0 Å². The number of nitrogens with zero attached hydrogens (tertiary/aromatic N) is 3. The highest BCUT2D eigenvalue weighted by Gasteiger charge is 2.33. The Hall–Kier alpha value is -2.77. The van der Waals surface area contributed by atoms with E-state index in [-0.39, 0.29) is 29.5 Å². The van der Waals surface area contributed by atoms with Gasteiger partial charge in [-0.1, -0.05) is 28.9 Å². The van der Waals surface area contributed by atoms with Gasteiger partial charge in [0.25, 0.3) is 0 Å². The topological polar surface area (TPSA) is 66.7 Å². The van der Waals surface area contributed by atoms with Crippen LogP contribution in [0.3, 0.4) is 0 Å². The average molecular weight is 484 g/mol. The number of hydrogen-bond acceptors (Lipinski definition) is 5. The van der Waals surface area contributed by atoms with E-state index in [2.05, 4.69) is 10.1 Å². The standard InChI is InChI=1S/C26H27ClFN3O3/c27-20-4-2-17(3-5-20)19-14-24(32)31(25(33)15-19)11-1-10-30-12-8-18(9-13-30)26-22-7-6-21(28)16-23(22)34-29-26/h2-7,16,18-19H,1,8-15H2. The predicted octanol–water partition coefficient (Wildman–Crippen LogP) is 5.12. The normalized spacial score (nSPS) is 18.8. The molecule has 0 atom stereocenters. The van der Waals surface area contributed by atoms with Crippen LogP contribution in [-0.2, 0) is 9.59 Å². The highest BCUT2D eigenvalue weighted by Crippen LogP contribution is 2.33. The van der Waals surface area contributed by atoms with E-state index in [0.29, 0.717) is 30.0 Å². The highest BCUT2D eigenvalue weighted by molar-refractivity contribution is 6.30. The maximum absolute atomic E-state index is 13.4. The molecule has 2 aromatic carbocycles. The molecule has 5 rings (SSSR count). The molecule has 3 heterocycles. The average Bonchev–Trinajstić information content (AvgIpc) is 3.24. The Morgan fingerprint density at radius 3 is 2.38 bits per heavy atom. The molecule has 0 spiro atoms. The summed E-state index contributed by atoms with van der Waals surface area (Å²) in [6, 6.07) is 12.0.